The number of amides is 1. The molecule has 2 bridgehead atoms. The summed E-state index contributed by atoms with van der Waals surface area (Å²) in [5, 5.41) is 14.7. The van der Waals surface area contributed by atoms with E-state index >= 15 is 0 Å². The Hall–Kier alpha value is -1.43. The molecule has 3 saturated carbocycles. The monoisotopic (exact) mass is 293 g/mol. The number of hydrogen-bond donors (Lipinski definition) is 1. The number of rotatable bonds is 3. The van der Waals surface area contributed by atoms with Crippen molar-refractivity contribution in [3.8, 4) is 0 Å². The second-order valence-electron chi connectivity index (χ2n) is 5.81. The van der Waals surface area contributed by atoms with Crippen LogP contribution in [0.25, 0.3) is 0 Å². The third-order valence-electron chi connectivity index (χ3n) is 4.65. The van der Waals surface area contributed by atoms with E-state index in [2.05, 4.69) is 10.3 Å². The number of hydrogen-bond acceptors (Lipinski definition) is 5. The van der Waals surface area contributed by atoms with Crippen LogP contribution in [0.15, 0.2) is 6.20 Å². The third kappa shape index (κ3) is 2.32. The van der Waals surface area contributed by atoms with Crippen molar-refractivity contribution >= 4 is 28.3 Å². The number of aliphatic carboxylic acids is 1. The van der Waals surface area contributed by atoms with Gasteiger partial charge in [-0.2, -0.15) is 0 Å². The number of carboxylic acids is 1. The molecule has 6 heteroatoms. The molecule has 20 heavy (non-hydrogen) atoms. The zero-order valence-corrected chi connectivity index (χ0v) is 12.1. The molecule has 0 spiro atoms. The molecule has 4 rings (SSSR count). The highest BCUT2D eigenvalue weighted by Crippen LogP contribution is 2.49. The van der Waals surface area contributed by atoms with Gasteiger partial charge in [0.2, 0.25) is 5.91 Å². The summed E-state index contributed by atoms with van der Waals surface area (Å²) in [6, 6.07) is 0. The summed E-state index contributed by atoms with van der Waals surface area (Å²) in [5.41, 5.74) is 0. The highest BCUT2D eigenvalue weighted by Gasteiger charge is 2.47. The molecule has 0 unspecified atom stereocenters. The van der Waals surface area contributed by atoms with Crippen molar-refractivity contribution in [1.29, 1.82) is 0 Å². The second-order valence-corrected chi connectivity index (χ2v) is 7.05. The van der Waals surface area contributed by atoms with Crippen molar-refractivity contribution in [3.63, 3.8) is 0 Å². The van der Waals surface area contributed by atoms with E-state index in [4.69, 9.17) is 0 Å². The fraction of sp³-hybridized carbons (Fsp3) is 0.643. The van der Waals surface area contributed by atoms with Crippen LogP contribution in [-0.2, 0) is 9.59 Å². The lowest BCUT2D eigenvalue weighted by molar-refractivity contribution is -0.318. The van der Waals surface area contributed by atoms with Gasteiger partial charge in [0, 0.05) is 28.9 Å². The molecule has 0 radical (unpaired) electrons. The average Bonchev–Trinajstić information content (AvgIpc) is 2.84. The standard InChI is InChI=1S/C14H18N2O3S/c1-7-6-15-14(20-7)16-12(17)10-8-2-4-9(5-3-8)11(10)13(18)19/h6,8-11H,2-5H2,1H3,(H,18,19)(H,15,16,17)/p-1/t8?,9?,10-,11+/m0/s1. The molecule has 0 aromatic carbocycles. The van der Waals surface area contributed by atoms with Crippen LogP contribution in [0, 0.1) is 30.6 Å². The van der Waals surface area contributed by atoms with Gasteiger partial charge in [-0.25, -0.2) is 4.98 Å². The van der Waals surface area contributed by atoms with Crippen molar-refractivity contribution in [2.24, 2.45) is 23.7 Å². The zero-order chi connectivity index (χ0) is 14.3. The Morgan fingerprint density at radius 1 is 1.25 bits per heavy atom. The molecule has 1 amide bonds. The second kappa shape index (κ2) is 5.16. The summed E-state index contributed by atoms with van der Waals surface area (Å²) in [6.07, 6.45) is 5.41. The molecule has 0 aliphatic heterocycles. The summed E-state index contributed by atoms with van der Waals surface area (Å²) < 4.78 is 0. The number of carbonyl (C=O) groups is 2. The van der Waals surface area contributed by atoms with E-state index in [-0.39, 0.29) is 17.7 Å². The molecule has 1 heterocycles. The van der Waals surface area contributed by atoms with Crippen molar-refractivity contribution in [2.75, 3.05) is 5.32 Å². The number of anilines is 1. The van der Waals surface area contributed by atoms with Crippen molar-refractivity contribution in [1.82, 2.24) is 4.98 Å². The number of aryl methyl sites for hydroxylation is 1. The summed E-state index contributed by atoms with van der Waals surface area (Å²) in [7, 11) is 0. The Morgan fingerprint density at radius 3 is 2.35 bits per heavy atom. The lowest BCUT2D eigenvalue weighted by atomic mass is 9.58. The summed E-state index contributed by atoms with van der Waals surface area (Å²) in [5.74, 6) is -2.11. The fourth-order valence-electron chi connectivity index (χ4n) is 3.77. The molecule has 3 aliphatic rings. The number of nitrogens with zero attached hydrogens (tertiary/aromatic N) is 1. The Balaban J connectivity index is 1.79. The molecular weight excluding hydrogens is 276 g/mol. The predicted octanol–water partition coefficient (Wildman–Crippen LogP) is 1.19. The highest BCUT2D eigenvalue weighted by atomic mass is 32.1. The van der Waals surface area contributed by atoms with Gasteiger partial charge in [-0.1, -0.05) is 0 Å². The van der Waals surface area contributed by atoms with Gasteiger partial charge >= 0.3 is 0 Å². The van der Waals surface area contributed by atoms with Crippen LogP contribution in [0.2, 0.25) is 0 Å². The van der Waals surface area contributed by atoms with Crippen LogP contribution in [0.1, 0.15) is 30.6 Å². The van der Waals surface area contributed by atoms with Gasteiger partial charge in [0.25, 0.3) is 0 Å². The number of thiazole rings is 1. The van der Waals surface area contributed by atoms with Crippen LogP contribution in [0.3, 0.4) is 0 Å². The van der Waals surface area contributed by atoms with Gasteiger partial charge in [-0.15, -0.1) is 11.3 Å². The number of nitrogens with one attached hydrogen (secondary N) is 1. The van der Waals surface area contributed by atoms with E-state index < -0.39 is 17.8 Å². The van der Waals surface area contributed by atoms with Gasteiger partial charge in [-0.3, -0.25) is 4.79 Å². The average molecular weight is 293 g/mol. The molecule has 1 aromatic heterocycles. The lowest BCUT2D eigenvalue weighted by Gasteiger charge is -2.48. The molecule has 1 aromatic rings. The van der Waals surface area contributed by atoms with Crippen LogP contribution in [0.5, 0.6) is 0 Å². The van der Waals surface area contributed by atoms with Crippen LogP contribution in [-0.4, -0.2) is 16.9 Å². The molecule has 3 fully saturated rings. The molecule has 5 nitrogen and oxygen atoms in total. The Kier molecular flexibility index (Phi) is 3.50. The quantitative estimate of drug-likeness (QED) is 0.907. The topological polar surface area (TPSA) is 82.1 Å². The summed E-state index contributed by atoms with van der Waals surface area (Å²) in [4.78, 5) is 29.0. The maximum atomic E-state index is 12.4. The van der Waals surface area contributed by atoms with Crippen molar-refractivity contribution in [3.05, 3.63) is 11.1 Å². The zero-order valence-electron chi connectivity index (χ0n) is 11.3. The van der Waals surface area contributed by atoms with Crippen LogP contribution >= 0.6 is 11.3 Å². The molecule has 1 N–H and O–H groups in total. The van der Waals surface area contributed by atoms with E-state index in [0.29, 0.717) is 5.13 Å². The van der Waals surface area contributed by atoms with Gasteiger partial charge in [-0.05, 0) is 44.4 Å². The largest absolute Gasteiger partial charge is 0.550 e. The maximum absolute atomic E-state index is 12.4. The van der Waals surface area contributed by atoms with Gasteiger partial charge < -0.3 is 15.2 Å². The maximum Gasteiger partial charge on any atom is 0.230 e. The molecule has 108 valence electrons. The minimum atomic E-state index is -1.07. The first-order chi connectivity index (χ1) is 9.56. The first-order valence-corrected chi connectivity index (χ1v) is 7.82. The summed E-state index contributed by atoms with van der Waals surface area (Å²) in [6.45, 7) is 1.92. The highest BCUT2D eigenvalue weighted by molar-refractivity contribution is 7.15. The molecule has 3 aliphatic carbocycles. The fourth-order valence-corrected chi connectivity index (χ4v) is 4.43. The predicted molar refractivity (Wildman–Crippen MR) is 72.9 cm³/mol. The van der Waals surface area contributed by atoms with E-state index in [1.807, 2.05) is 6.92 Å². The van der Waals surface area contributed by atoms with Gasteiger partial charge in [0.05, 0.1) is 0 Å². The van der Waals surface area contributed by atoms with E-state index in [0.717, 1.165) is 30.6 Å². The first kappa shape index (κ1) is 13.5. The Morgan fingerprint density at radius 2 is 1.85 bits per heavy atom. The molecule has 0 saturated heterocycles. The van der Waals surface area contributed by atoms with E-state index in [1.165, 1.54) is 11.3 Å². The SMILES string of the molecule is Cc1cnc(NC(=O)[C@H]2C3CCC(CC3)[C@H]2C(=O)[O-])s1. The van der Waals surface area contributed by atoms with Crippen LogP contribution < -0.4 is 10.4 Å². The van der Waals surface area contributed by atoms with E-state index in [1.54, 1.807) is 6.20 Å². The van der Waals surface area contributed by atoms with Crippen molar-refractivity contribution < 1.29 is 14.7 Å². The van der Waals surface area contributed by atoms with Crippen molar-refractivity contribution in [2.45, 2.75) is 32.6 Å². The van der Waals surface area contributed by atoms with Gasteiger partial charge in [0.1, 0.15) is 0 Å². The van der Waals surface area contributed by atoms with Crippen LogP contribution in [0.4, 0.5) is 5.13 Å². The van der Waals surface area contributed by atoms with E-state index in [9.17, 15) is 14.7 Å². The number of carbonyl (C=O) groups excluding carboxylic acids is 2. The number of fused-ring (bicyclic) bond motifs is 3. The minimum Gasteiger partial charge on any atom is -0.550 e. The normalized spacial score (nSPS) is 32.0. The Labute approximate surface area is 121 Å². The molecule has 2 atom stereocenters. The Bertz CT molecular complexity index is 534. The smallest absolute Gasteiger partial charge is 0.230 e. The third-order valence-corrected chi connectivity index (χ3v) is 5.47. The first-order valence-electron chi connectivity index (χ1n) is 7.00. The molecular formula is C14H17N2O3S-. The van der Waals surface area contributed by atoms with Gasteiger partial charge in [0.15, 0.2) is 5.13 Å². The summed E-state index contributed by atoms with van der Waals surface area (Å²) >= 11 is 1.40. The minimum absolute atomic E-state index is 0.0961. The number of aromatic nitrogens is 1. The number of carboxylic acid groups (broad SMARTS) is 1. The lowest BCUT2D eigenvalue weighted by Crippen LogP contribution is -2.52.